The maximum Gasteiger partial charge on any atom is 0.0674 e. The van der Waals surface area contributed by atoms with E-state index < -0.39 is 0 Å². The van der Waals surface area contributed by atoms with Crippen LogP contribution in [0.15, 0.2) is 0 Å². The molecule has 1 saturated heterocycles. The van der Waals surface area contributed by atoms with Crippen LogP contribution >= 0.6 is 0 Å². The molecule has 0 amide bonds. The van der Waals surface area contributed by atoms with Gasteiger partial charge in [0.05, 0.1) is 6.10 Å². The monoisotopic (exact) mass is 242 g/mol. The average Bonchev–Trinajstić information content (AvgIpc) is 2.42. The van der Waals surface area contributed by atoms with E-state index in [1.165, 1.54) is 13.0 Å². The van der Waals surface area contributed by atoms with Gasteiger partial charge in [-0.3, -0.25) is 4.90 Å². The van der Waals surface area contributed by atoms with Crippen LogP contribution in [0.25, 0.3) is 0 Å². The Morgan fingerprint density at radius 2 is 2.12 bits per heavy atom. The van der Waals surface area contributed by atoms with Crippen molar-refractivity contribution in [2.24, 2.45) is 0 Å². The number of rotatable bonds is 4. The van der Waals surface area contributed by atoms with Gasteiger partial charge < -0.3 is 10.1 Å². The molecule has 1 heterocycles. The first kappa shape index (κ1) is 14.9. The van der Waals surface area contributed by atoms with Crippen molar-refractivity contribution in [1.82, 2.24) is 10.2 Å². The van der Waals surface area contributed by atoms with Crippen molar-refractivity contribution in [3.8, 4) is 0 Å². The Morgan fingerprint density at radius 1 is 1.41 bits per heavy atom. The van der Waals surface area contributed by atoms with Crippen LogP contribution in [0.2, 0.25) is 0 Å². The molecule has 0 aromatic rings. The summed E-state index contributed by atoms with van der Waals surface area (Å²) >= 11 is 0. The fourth-order valence-electron chi connectivity index (χ4n) is 2.31. The van der Waals surface area contributed by atoms with E-state index in [1.807, 2.05) is 0 Å². The summed E-state index contributed by atoms with van der Waals surface area (Å²) in [6.45, 7) is 15.4. The van der Waals surface area contributed by atoms with Crippen molar-refractivity contribution in [3.05, 3.63) is 0 Å². The maximum atomic E-state index is 5.71. The van der Waals surface area contributed by atoms with Gasteiger partial charge in [0.25, 0.3) is 0 Å². The molecule has 2 unspecified atom stereocenters. The van der Waals surface area contributed by atoms with Crippen molar-refractivity contribution < 1.29 is 4.74 Å². The summed E-state index contributed by atoms with van der Waals surface area (Å²) in [5.74, 6) is 0. The van der Waals surface area contributed by atoms with Crippen molar-refractivity contribution in [2.45, 2.75) is 65.1 Å². The van der Waals surface area contributed by atoms with E-state index in [1.54, 1.807) is 0 Å². The van der Waals surface area contributed by atoms with E-state index in [2.05, 4.69) is 44.8 Å². The lowest BCUT2D eigenvalue weighted by molar-refractivity contribution is 0.0595. The van der Waals surface area contributed by atoms with Crippen LogP contribution in [0.4, 0.5) is 0 Å². The Hall–Kier alpha value is -0.120. The van der Waals surface area contributed by atoms with Crippen LogP contribution in [-0.2, 0) is 4.74 Å². The Labute approximate surface area is 107 Å². The number of nitrogens with one attached hydrogen (secondary N) is 1. The first-order valence-corrected chi connectivity index (χ1v) is 7.03. The summed E-state index contributed by atoms with van der Waals surface area (Å²) < 4.78 is 5.71. The minimum Gasteiger partial charge on any atom is -0.377 e. The quantitative estimate of drug-likeness (QED) is 0.818. The Kier molecular flexibility index (Phi) is 5.90. The molecule has 1 fully saturated rings. The summed E-state index contributed by atoms with van der Waals surface area (Å²) in [5, 5.41) is 3.62. The highest BCUT2D eigenvalue weighted by Gasteiger charge is 2.22. The van der Waals surface area contributed by atoms with Crippen LogP contribution in [0.1, 0.15) is 47.5 Å². The minimum absolute atomic E-state index is 0.210. The highest BCUT2D eigenvalue weighted by Crippen LogP contribution is 2.12. The minimum atomic E-state index is 0.210. The predicted molar refractivity (Wildman–Crippen MR) is 73.4 cm³/mol. The zero-order valence-corrected chi connectivity index (χ0v) is 12.3. The molecule has 3 heteroatoms. The lowest BCUT2D eigenvalue weighted by Crippen LogP contribution is -2.48. The fraction of sp³-hybridized carbons (Fsp3) is 1.00. The van der Waals surface area contributed by atoms with E-state index >= 15 is 0 Å². The molecule has 1 rings (SSSR count). The van der Waals surface area contributed by atoms with E-state index in [0.717, 1.165) is 26.1 Å². The predicted octanol–water partition coefficient (Wildman–Crippen LogP) is 2.26. The van der Waals surface area contributed by atoms with E-state index in [9.17, 15) is 0 Å². The van der Waals surface area contributed by atoms with Gasteiger partial charge in [-0.2, -0.15) is 0 Å². The number of hydrogen-bond acceptors (Lipinski definition) is 3. The van der Waals surface area contributed by atoms with Crippen molar-refractivity contribution in [1.29, 1.82) is 0 Å². The molecule has 0 spiro atoms. The Balaban J connectivity index is 2.47. The van der Waals surface area contributed by atoms with Gasteiger partial charge in [0.2, 0.25) is 0 Å². The molecular weight excluding hydrogens is 212 g/mol. The molecule has 1 N–H and O–H groups in total. The molecule has 0 saturated carbocycles. The normalized spacial score (nSPS) is 25.6. The van der Waals surface area contributed by atoms with Gasteiger partial charge in [-0.15, -0.1) is 0 Å². The lowest BCUT2D eigenvalue weighted by atomic mass is 10.1. The first-order chi connectivity index (χ1) is 7.92. The van der Waals surface area contributed by atoms with Gasteiger partial charge in [0, 0.05) is 37.8 Å². The van der Waals surface area contributed by atoms with Crippen molar-refractivity contribution >= 4 is 0 Å². The standard InChI is InChI=1S/C14H30N2O/c1-6-13(10-15-14(3,4)5)16-8-7-9-17-12(2)11-16/h12-13,15H,6-11H2,1-5H3. The van der Waals surface area contributed by atoms with Crippen LogP contribution in [-0.4, -0.2) is 48.8 Å². The highest BCUT2D eigenvalue weighted by atomic mass is 16.5. The van der Waals surface area contributed by atoms with Gasteiger partial charge in [-0.05, 0) is 40.5 Å². The third kappa shape index (κ3) is 5.84. The topological polar surface area (TPSA) is 24.5 Å². The molecule has 0 aliphatic carbocycles. The lowest BCUT2D eigenvalue weighted by Gasteiger charge is -2.33. The second kappa shape index (κ2) is 6.72. The smallest absolute Gasteiger partial charge is 0.0674 e. The zero-order chi connectivity index (χ0) is 12.9. The molecule has 0 bridgehead atoms. The van der Waals surface area contributed by atoms with Crippen LogP contribution in [0.5, 0.6) is 0 Å². The van der Waals surface area contributed by atoms with E-state index in [4.69, 9.17) is 4.74 Å². The van der Waals surface area contributed by atoms with Gasteiger partial charge in [0.15, 0.2) is 0 Å². The highest BCUT2D eigenvalue weighted by molar-refractivity contribution is 4.80. The van der Waals surface area contributed by atoms with Crippen molar-refractivity contribution in [3.63, 3.8) is 0 Å². The fourth-order valence-corrected chi connectivity index (χ4v) is 2.31. The van der Waals surface area contributed by atoms with Gasteiger partial charge in [-0.1, -0.05) is 6.92 Å². The third-order valence-electron chi connectivity index (χ3n) is 3.34. The molecule has 3 nitrogen and oxygen atoms in total. The van der Waals surface area contributed by atoms with Crippen molar-refractivity contribution in [2.75, 3.05) is 26.2 Å². The summed E-state index contributed by atoms with van der Waals surface area (Å²) in [6.07, 6.45) is 2.74. The molecule has 17 heavy (non-hydrogen) atoms. The summed E-state index contributed by atoms with van der Waals surface area (Å²) in [4.78, 5) is 2.59. The Bertz CT molecular complexity index is 213. The van der Waals surface area contributed by atoms with Gasteiger partial charge >= 0.3 is 0 Å². The number of nitrogens with zero attached hydrogens (tertiary/aromatic N) is 1. The average molecular weight is 242 g/mol. The van der Waals surface area contributed by atoms with E-state index in [-0.39, 0.29) is 5.54 Å². The van der Waals surface area contributed by atoms with Gasteiger partial charge in [-0.25, -0.2) is 0 Å². The van der Waals surface area contributed by atoms with Crippen LogP contribution in [0, 0.1) is 0 Å². The van der Waals surface area contributed by atoms with Crippen LogP contribution < -0.4 is 5.32 Å². The molecule has 0 aromatic carbocycles. The second-order valence-corrected chi connectivity index (χ2v) is 6.22. The summed E-state index contributed by atoms with van der Waals surface area (Å²) in [7, 11) is 0. The number of ether oxygens (including phenoxy) is 1. The molecule has 0 radical (unpaired) electrons. The molecule has 0 aromatic heterocycles. The maximum absolute atomic E-state index is 5.71. The molecule has 102 valence electrons. The largest absolute Gasteiger partial charge is 0.377 e. The van der Waals surface area contributed by atoms with Crippen LogP contribution in [0.3, 0.4) is 0 Å². The van der Waals surface area contributed by atoms with E-state index in [0.29, 0.717) is 12.1 Å². The third-order valence-corrected chi connectivity index (χ3v) is 3.34. The first-order valence-electron chi connectivity index (χ1n) is 7.03. The number of hydrogen-bond donors (Lipinski definition) is 1. The Morgan fingerprint density at radius 3 is 2.71 bits per heavy atom. The molecule has 1 aliphatic heterocycles. The molecule has 1 aliphatic rings. The second-order valence-electron chi connectivity index (χ2n) is 6.22. The SMILES string of the molecule is CCC(CNC(C)(C)C)N1CCCOC(C)C1. The molecular formula is C14H30N2O. The van der Waals surface area contributed by atoms with Gasteiger partial charge in [0.1, 0.15) is 0 Å². The molecule has 2 atom stereocenters. The summed E-state index contributed by atoms with van der Waals surface area (Å²) in [5.41, 5.74) is 0.210. The zero-order valence-electron chi connectivity index (χ0n) is 12.3. The summed E-state index contributed by atoms with van der Waals surface area (Å²) in [6, 6.07) is 0.637.